The molecule has 5 rings (SSSR count). The number of likely N-dealkylation sites (tertiary alicyclic amines) is 1. The average Bonchev–Trinajstić information content (AvgIpc) is 3.14. The smallest absolute Gasteiger partial charge is 0.150 e. The first-order valence-corrected chi connectivity index (χ1v) is 12.5. The Morgan fingerprint density at radius 3 is 2.37 bits per heavy atom. The summed E-state index contributed by atoms with van der Waals surface area (Å²) in [5.74, 6) is 1.98. The lowest BCUT2D eigenvalue weighted by Gasteiger charge is -2.31. The predicted molar refractivity (Wildman–Crippen MR) is 139 cm³/mol. The molecule has 2 N–H and O–H groups in total. The minimum Gasteiger partial charge on any atom is -0.508 e. The van der Waals surface area contributed by atoms with Crippen molar-refractivity contribution in [1.82, 2.24) is 4.90 Å². The molecular weight excluding hydrogens is 438 g/mol. The molecule has 2 aliphatic rings. The van der Waals surface area contributed by atoms with Gasteiger partial charge in [0.25, 0.3) is 0 Å². The fraction of sp³-hybridized carbons (Fsp3) is 0.333. The van der Waals surface area contributed by atoms with E-state index in [-0.39, 0.29) is 17.6 Å². The van der Waals surface area contributed by atoms with Crippen LogP contribution in [0.4, 0.5) is 0 Å². The van der Waals surface area contributed by atoms with Crippen LogP contribution in [-0.2, 0) is 0 Å². The van der Waals surface area contributed by atoms with E-state index in [0.717, 1.165) is 45.9 Å². The van der Waals surface area contributed by atoms with Crippen molar-refractivity contribution < 1.29 is 19.7 Å². The highest BCUT2D eigenvalue weighted by Gasteiger charge is 2.29. The molecule has 5 nitrogen and oxygen atoms in total. The Morgan fingerprint density at radius 1 is 0.886 bits per heavy atom. The number of hydrogen-bond donors (Lipinski definition) is 2. The van der Waals surface area contributed by atoms with E-state index in [1.54, 1.807) is 30.3 Å². The molecule has 2 aliphatic heterocycles. The Morgan fingerprint density at radius 2 is 1.63 bits per heavy atom. The molecule has 0 spiro atoms. The highest BCUT2D eigenvalue weighted by Crippen LogP contribution is 2.47. The van der Waals surface area contributed by atoms with E-state index in [1.807, 2.05) is 43.3 Å². The maximum Gasteiger partial charge on any atom is 0.150 e. The van der Waals surface area contributed by atoms with Gasteiger partial charge in [-0.05, 0) is 92.0 Å². The molecule has 5 heteroatoms. The van der Waals surface area contributed by atoms with Gasteiger partial charge in [-0.2, -0.15) is 0 Å². The van der Waals surface area contributed by atoms with Gasteiger partial charge in [-0.25, -0.2) is 0 Å². The van der Waals surface area contributed by atoms with Crippen LogP contribution in [0.2, 0.25) is 0 Å². The van der Waals surface area contributed by atoms with Gasteiger partial charge in [0.05, 0.1) is 0 Å². The lowest BCUT2D eigenvalue weighted by atomic mass is 9.86. The Balaban J connectivity index is 1.37. The van der Waals surface area contributed by atoms with Crippen LogP contribution in [0.1, 0.15) is 55.4 Å². The first kappa shape index (κ1) is 23.3. The summed E-state index contributed by atoms with van der Waals surface area (Å²) in [6.07, 6.45) is 4.90. The number of rotatable bonds is 6. The quantitative estimate of drug-likeness (QED) is 0.435. The summed E-state index contributed by atoms with van der Waals surface area (Å²) in [5.41, 5.74) is 4.72. The second-order valence-corrected chi connectivity index (χ2v) is 9.44. The molecule has 0 aliphatic carbocycles. The number of benzene rings is 3. The van der Waals surface area contributed by atoms with E-state index in [2.05, 4.69) is 4.90 Å². The van der Waals surface area contributed by atoms with Gasteiger partial charge in [0.15, 0.2) is 0 Å². The number of phenols is 2. The monoisotopic (exact) mass is 471 g/mol. The normalized spacial score (nSPS) is 18.5. The van der Waals surface area contributed by atoms with Gasteiger partial charge in [-0.15, -0.1) is 0 Å². The Kier molecular flexibility index (Phi) is 6.96. The third-order valence-electron chi connectivity index (χ3n) is 6.99. The van der Waals surface area contributed by atoms with Crippen molar-refractivity contribution in [2.45, 2.75) is 38.7 Å². The second kappa shape index (κ2) is 10.4. The van der Waals surface area contributed by atoms with Gasteiger partial charge in [0, 0.05) is 17.7 Å². The van der Waals surface area contributed by atoms with Gasteiger partial charge in [0.1, 0.15) is 35.7 Å². The van der Waals surface area contributed by atoms with Crippen molar-refractivity contribution in [3.8, 4) is 23.0 Å². The molecule has 0 aromatic heterocycles. The summed E-state index contributed by atoms with van der Waals surface area (Å²) in [7, 11) is 0. The van der Waals surface area contributed by atoms with E-state index in [9.17, 15) is 10.2 Å². The maximum absolute atomic E-state index is 10.1. The SMILES string of the molecule is CC1=C(c2cccc(O)c2)C(c2ccc(OCCN3CCCCCC3)cc2)Oc2ccc(O)cc21. The zero-order valence-electron chi connectivity index (χ0n) is 20.2. The van der Waals surface area contributed by atoms with Crippen molar-refractivity contribution in [1.29, 1.82) is 0 Å². The van der Waals surface area contributed by atoms with Crippen LogP contribution in [0, 0.1) is 0 Å². The van der Waals surface area contributed by atoms with E-state index >= 15 is 0 Å². The van der Waals surface area contributed by atoms with Crippen LogP contribution in [0.15, 0.2) is 66.7 Å². The van der Waals surface area contributed by atoms with Crippen molar-refractivity contribution in [2.75, 3.05) is 26.2 Å². The minimum absolute atomic E-state index is 0.196. The fourth-order valence-corrected chi connectivity index (χ4v) is 5.11. The van der Waals surface area contributed by atoms with Crippen molar-refractivity contribution in [3.63, 3.8) is 0 Å². The highest BCUT2D eigenvalue weighted by atomic mass is 16.5. The molecule has 0 saturated carbocycles. The van der Waals surface area contributed by atoms with Crippen LogP contribution in [-0.4, -0.2) is 41.4 Å². The van der Waals surface area contributed by atoms with E-state index in [0.29, 0.717) is 6.61 Å². The van der Waals surface area contributed by atoms with Gasteiger partial charge >= 0.3 is 0 Å². The van der Waals surface area contributed by atoms with Crippen molar-refractivity contribution in [3.05, 3.63) is 83.4 Å². The number of allylic oxidation sites excluding steroid dienone is 1. The zero-order chi connectivity index (χ0) is 24.2. The van der Waals surface area contributed by atoms with Gasteiger partial charge in [-0.1, -0.05) is 37.1 Å². The second-order valence-electron chi connectivity index (χ2n) is 9.44. The number of fused-ring (bicyclic) bond motifs is 1. The summed E-state index contributed by atoms with van der Waals surface area (Å²) in [6.45, 7) is 6.02. The fourth-order valence-electron chi connectivity index (χ4n) is 5.11. The van der Waals surface area contributed by atoms with Crippen LogP contribution < -0.4 is 9.47 Å². The van der Waals surface area contributed by atoms with Crippen LogP contribution in [0.3, 0.4) is 0 Å². The first-order valence-electron chi connectivity index (χ1n) is 12.5. The number of nitrogens with zero attached hydrogens (tertiary/aromatic N) is 1. The molecule has 0 bridgehead atoms. The molecule has 1 atom stereocenters. The van der Waals surface area contributed by atoms with Gasteiger partial charge in [0.2, 0.25) is 0 Å². The number of aromatic hydroxyl groups is 2. The molecule has 1 fully saturated rings. The number of phenolic OH excluding ortho intramolecular Hbond substituents is 2. The van der Waals surface area contributed by atoms with Crippen molar-refractivity contribution >= 4 is 11.1 Å². The molecule has 1 unspecified atom stereocenters. The van der Waals surface area contributed by atoms with Crippen LogP contribution in [0.25, 0.3) is 11.1 Å². The largest absolute Gasteiger partial charge is 0.508 e. The Hall–Kier alpha value is -3.44. The van der Waals surface area contributed by atoms with Gasteiger partial charge < -0.3 is 19.7 Å². The Labute approximate surface area is 207 Å². The lowest BCUT2D eigenvalue weighted by molar-refractivity contribution is 0.214. The summed E-state index contributed by atoms with van der Waals surface area (Å²) in [4.78, 5) is 2.50. The lowest BCUT2D eigenvalue weighted by Crippen LogP contribution is -2.29. The van der Waals surface area contributed by atoms with E-state index in [1.165, 1.54) is 38.8 Å². The molecule has 1 saturated heterocycles. The molecule has 35 heavy (non-hydrogen) atoms. The van der Waals surface area contributed by atoms with E-state index in [4.69, 9.17) is 9.47 Å². The summed E-state index contributed by atoms with van der Waals surface area (Å²) in [6, 6.07) is 20.5. The first-order chi connectivity index (χ1) is 17.1. The molecule has 0 radical (unpaired) electrons. The summed E-state index contributed by atoms with van der Waals surface area (Å²) >= 11 is 0. The molecule has 2 heterocycles. The standard InChI is InChI=1S/C30H33NO4/c1-21-27-20-25(33)11-14-28(27)35-30(29(21)23-7-6-8-24(32)19-23)22-9-12-26(13-10-22)34-18-17-31-15-4-2-3-5-16-31/h6-14,19-20,30,32-33H,2-5,15-18H2,1H3. The number of hydrogen-bond acceptors (Lipinski definition) is 5. The topological polar surface area (TPSA) is 62.2 Å². The number of ether oxygens (including phenoxy) is 2. The van der Waals surface area contributed by atoms with E-state index < -0.39 is 0 Å². The van der Waals surface area contributed by atoms with Crippen LogP contribution in [0.5, 0.6) is 23.0 Å². The molecule has 182 valence electrons. The maximum atomic E-state index is 10.1. The predicted octanol–water partition coefficient (Wildman–Crippen LogP) is 6.42. The summed E-state index contributed by atoms with van der Waals surface area (Å²) in [5, 5.41) is 20.2. The third kappa shape index (κ3) is 5.30. The molecule has 0 amide bonds. The zero-order valence-corrected chi connectivity index (χ0v) is 20.2. The molecule has 3 aromatic rings. The summed E-state index contributed by atoms with van der Waals surface area (Å²) < 4.78 is 12.5. The van der Waals surface area contributed by atoms with Gasteiger partial charge in [-0.3, -0.25) is 4.90 Å². The minimum atomic E-state index is -0.347. The van der Waals surface area contributed by atoms with Crippen molar-refractivity contribution in [2.24, 2.45) is 0 Å². The molecule has 3 aromatic carbocycles. The highest BCUT2D eigenvalue weighted by molar-refractivity contribution is 5.95. The van der Waals surface area contributed by atoms with Crippen LogP contribution >= 0.6 is 0 Å². The third-order valence-corrected chi connectivity index (χ3v) is 6.99. The molecular formula is C30H33NO4. The Bertz CT molecular complexity index is 1190. The average molecular weight is 472 g/mol.